The summed E-state index contributed by atoms with van der Waals surface area (Å²) in [7, 11) is 1.85. The maximum atomic E-state index is 12.2. The van der Waals surface area contributed by atoms with Gasteiger partial charge in [0.15, 0.2) is 0 Å². The van der Waals surface area contributed by atoms with Gasteiger partial charge in [-0.3, -0.25) is 0 Å². The summed E-state index contributed by atoms with van der Waals surface area (Å²) in [6.45, 7) is 6.41. The number of carbonyl (C=O) groups is 1. The average molecular weight is 358 g/mol. The SMILES string of the molecule is Cc1ccc2[nH]c(CCNC(=O)N(C)CCC[C@H]3CCCO3)nc2c1C. The van der Waals surface area contributed by atoms with Crippen LogP contribution in [0, 0.1) is 13.8 Å². The minimum absolute atomic E-state index is 0.0273. The summed E-state index contributed by atoms with van der Waals surface area (Å²) in [6.07, 6.45) is 5.44. The van der Waals surface area contributed by atoms with E-state index < -0.39 is 0 Å². The lowest BCUT2D eigenvalue weighted by Gasteiger charge is -2.18. The number of aromatic amines is 1. The molecule has 0 saturated carbocycles. The smallest absolute Gasteiger partial charge is 0.317 e. The summed E-state index contributed by atoms with van der Waals surface area (Å²) in [6, 6.07) is 4.14. The predicted molar refractivity (Wildman–Crippen MR) is 104 cm³/mol. The largest absolute Gasteiger partial charge is 0.378 e. The molecule has 0 spiro atoms. The third-order valence-electron chi connectivity index (χ3n) is 5.26. The van der Waals surface area contributed by atoms with Crippen LogP contribution in [0.1, 0.15) is 42.6 Å². The molecule has 0 unspecified atom stereocenters. The number of hydrogen-bond acceptors (Lipinski definition) is 3. The first kappa shape index (κ1) is 18.7. The summed E-state index contributed by atoms with van der Waals surface area (Å²) in [5.41, 5.74) is 4.53. The van der Waals surface area contributed by atoms with Gasteiger partial charge in [-0.15, -0.1) is 0 Å². The van der Waals surface area contributed by atoms with Crippen LogP contribution >= 0.6 is 0 Å². The number of hydrogen-bond donors (Lipinski definition) is 2. The molecule has 0 bridgehead atoms. The molecule has 1 aliphatic rings. The number of urea groups is 1. The summed E-state index contributed by atoms with van der Waals surface area (Å²) in [4.78, 5) is 22.0. The molecule has 1 aromatic heterocycles. The Bertz CT molecular complexity index is 750. The van der Waals surface area contributed by atoms with E-state index in [4.69, 9.17) is 4.74 Å². The molecule has 2 amide bonds. The van der Waals surface area contributed by atoms with E-state index >= 15 is 0 Å². The summed E-state index contributed by atoms with van der Waals surface area (Å²) in [5.74, 6) is 0.912. The lowest BCUT2D eigenvalue weighted by atomic mass is 10.1. The number of amides is 2. The fraction of sp³-hybridized carbons (Fsp3) is 0.600. The van der Waals surface area contributed by atoms with Crippen LogP contribution in [0.25, 0.3) is 11.0 Å². The van der Waals surface area contributed by atoms with Crippen molar-refractivity contribution in [2.75, 3.05) is 26.7 Å². The third kappa shape index (κ3) is 4.55. The Morgan fingerprint density at radius 2 is 2.27 bits per heavy atom. The van der Waals surface area contributed by atoms with E-state index in [1.807, 2.05) is 7.05 Å². The van der Waals surface area contributed by atoms with Gasteiger partial charge in [-0.1, -0.05) is 6.07 Å². The zero-order chi connectivity index (χ0) is 18.5. The topological polar surface area (TPSA) is 70.2 Å². The minimum Gasteiger partial charge on any atom is -0.378 e. The number of rotatable bonds is 7. The first-order valence-corrected chi connectivity index (χ1v) is 9.60. The van der Waals surface area contributed by atoms with Crippen LogP contribution in [0.5, 0.6) is 0 Å². The maximum absolute atomic E-state index is 12.2. The fourth-order valence-corrected chi connectivity index (χ4v) is 3.44. The number of nitrogens with zero attached hydrogens (tertiary/aromatic N) is 2. The standard InChI is InChI=1S/C20H30N4O2/c1-14-8-9-17-19(15(14)2)23-18(22-17)10-11-21-20(25)24(3)12-4-6-16-7-5-13-26-16/h8-9,16H,4-7,10-13H2,1-3H3,(H,21,25)(H,22,23)/t16-/m0/s1. The molecular weight excluding hydrogens is 328 g/mol. The number of imidazole rings is 1. The highest BCUT2D eigenvalue weighted by molar-refractivity contribution is 5.79. The van der Waals surface area contributed by atoms with Crippen LogP contribution in [0.4, 0.5) is 4.79 Å². The predicted octanol–water partition coefficient (Wildman–Crippen LogP) is 3.32. The second-order valence-electron chi connectivity index (χ2n) is 7.27. The molecule has 3 rings (SSSR count). The molecule has 0 radical (unpaired) electrons. The van der Waals surface area contributed by atoms with E-state index in [0.29, 0.717) is 19.1 Å². The van der Waals surface area contributed by atoms with Crippen LogP contribution < -0.4 is 5.32 Å². The van der Waals surface area contributed by atoms with Gasteiger partial charge >= 0.3 is 6.03 Å². The first-order valence-electron chi connectivity index (χ1n) is 9.60. The van der Waals surface area contributed by atoms with Gasteiger partial charge in [0, 0.05) is 33.2 Å². The molecule has 1 aromatic carbocycles. The summed E-state index contributed by atoms with van der Waals surface area (Å²) < 4.78 is 5.62. The molecule has 2 aromatic rings. The fourth-order valence-electron chi connectivity index (χ4n) is 3.44. The molecule has 26 heavy (non-hydrogen) atoms. The van der Waals surface area contributed by atoms with Crippen LogP contribution in [-0.4, -0.2) is 53.7 Å². The van der Waals surface area contributed by atoms with Gasteiger partial charge in [0.2, 0.25) is 0 Å². The van der Waals surface area contributed by atoms with Gasteiger partial charge in [0.1, 0.15) is 5.82 Å². The number of ether oxygens (including phenoxy) is 1. The van der Waals surface area contributed by atoms with Crippen molar-refractivity contribution in [1.82, 2.24) is 20.2 Å². The van der Waals surface area contributed by atoms with Crippen molar-refractivity contribution in [1.29, 1.82) is 0 Å². The Balaban J connectivity index is 1.40. The Kier molecular flexibility index (Phi) is 6.14. The molecule has 6 nitrogen and oxygen atoms in total. The van der Waals surface area contributed by atoms with Gasteiger partial charge < -0.3 is 19.9 Å². The van der Waals surface area contributed by atoms with Crippen molar-refractivity contribution in [3.63, 3.8) is 0 Å². The quantitative estimate of drug-likeness (QED) is 0.798. The monoisotopic (exact) mass is 358 g/mol. The lowest BCUT2D eigenvalue weighted by molar-refractivity contribution is 0.100. The molecule has 6 heteroatoms. The van der Waals surface area contributed by atoms with E-state index in [1.54, 1.807) is 4.90 Å². The maximum Gasteiger partial charge on any atom is 0.317 e. The van der Waals surface area contributed by atoms with E-state index in [1.165, 1.54) is 17.5 Å². The van der Waals surface area contributed by atoms with Crippen molar-refractivity contribution in [2.45, 2.75) is 52.1 Å². The number of aromatic nitrogens is 2. The van der Waals surface area contributed by atoms with Crippen molar-refractivity contribution >= 4 is 17.1 Å². The molecule has 142 valence electrons. The van der Waals surface area contributed by atoms with Gasteiger partial charge in [-0.2, -0.15) is 0 Å². The first-order chi connectivity index (χ1) is 12.5. The van der Waals surface area contributed by atoms with E-state index in [-0.39, 0.29) is 6.03 Å². The van der Waals surface area contributed by atoms with Crippen LogP contribution in [0.2, 0.25) is 0 Å². The number of nitrogens with one attached hydrogen (secondary N) is 2. The van der Waals surface area contributed by atoms with E-state index in [2.05, 4.69) is 41.3 Å². The second-order valence-corrected chi connectivity index (χ2v) is 7.27. The molecule has 2 N–H and O–H groups in total. The molecule has 2 heterocycles. The number of H-pyrrole nitrogens is 1. The Labute approximate surface area is 155 Å². The average Bonchev–Trinajstić information content (AvgIpc) is 3.28. The molecule has 1 fully saturated rings. The zero-order valence-electron chi connectivity index (χ0n) is 16.1. The van der Waals surface area contributed by atoms with Crippen molar-refractivity contribution < 1.29 is 9.53 Å². The lowest BCUT2D eigenvalue weighted by Crippen LogP contribution is -2.39. The van der Waals surface area contributed by atoms with Crippen LogP contribution in [0.3, 0.4) is 0 Å². The summed E-state index contributed by atoms with van der Waals surface area (Å²) in [5, 5.41) is 2.98. The minimum atomic E-state index is -0.0273. The van der Waals surface area contributed by atoms with Gasteiger partial charge in [-0.25, -0.2) is 9.78 Å². The van der Waals surface area contributed by atoms with Gasteiger partial charge in [0.25, 0.3) is 0 Å². The van der Waals surface area contributed by atoms with Gasteiger partial charge in [0.05, 0.1) is 17.1 Å². The Hall–Kier alpha value is -2.08. The number of aryl methyl sites for hydroxylation is 2. The molecule has 1 aliphatic heterocycles. The molecular formula is C20H30N4O2. The highest BCUT2D eigenvalue weighted by atomic mass is 16.5. The summed E-state index contributed by atoms with van der Waals surface area (Å²) >= 11 is 0. The van der Waals surface area contributed by atoms with Crippen molar-refractivity contribution in [3.8, 4) is 0 Å². The highest BCUT2D eigenvalue weighted by Gasteiger charge is 2.16. The van der Waals surface area contributed by atoms with E-state index in [0.717, 1.165) is 49.3 Å². The van der Waals surface area contributed by atoms with Crippen LogP contribution in [0.15, 0.2) is 12.1 Å². The second kappa shape index (κ2) is 8.54. The molecule has 0 aliphatic carbocycles. The Morgan fingerprint density at radius 1 is 1.42 bits per heavy atom. The normalized spacial score (nSPS) is 17.0. The van der Waals surface area contributed by atoms with Crippen molar-refractivity contribution in [2.24, 2.45) is 0 Å². The van der Waals surface area contributed by atoms with E-state index in [9.17, 15) is 4.79 Å². The zero-order valence-corrected chi connectivity index (χ0v) is 16.1. The Morgan fingerprint density at radius 3 is 3.04 bits per heavy atom. The van der Waals surface area contributed by atoms with Gasteiger partial charge in [-0.05, 0) is 56.7 Å². The molecule has 1 saturated heterocycles. The number of benzene rings is 1. The number of fused-ring (bicyclic) bond motifs is 1. The number of carbonyl (C=O) groups excluding carboxylic acids is 1. The van der Waals surface area contributed by atoms with Crippen molar-refractivity contribution in [3.05, 3.63) is 29.1 Å². The highest BCUT2D eigenvalue weighted by Crippen LogP contribution is 2.19. The van der Waals surface area contributed by atoms with Crippen LogP contribution in [-0.2, 0) is 11.2 Å². The molecule has 1 atom stereocenters. The third-order valence-corrected chi connectivity index (χ3v) is 5.26.